The molecule has 0 aromatic carbocycles. The van der Waals surface area contributed by atoms with Crippen molar-refractivity contribution in [2.24, 2.45) is 0 Å². The van der Waals surface area contributed by atoms with Gasteiger partial charge in [-0.05, 0) is 57.8 Å². The number of rotatable bonds is 57. The number of carbonyl (C=O) groups is 2. The predicted molar refractivity (Wildman–Crippen MR) is 320 cm³/mol. The molecule has 1 aliphatic heterocycles. The molecule has 0 aromatic rings. The Morgan fingerprint density at radius 2 is 0.896 bits per heavy atom. The topological polar surface area (TPSA) is 175 Å². The van der Waals surface area contributed by atoms with Gasteiger partial charge < -0.3 is 45.1 Å². The fraction of sp³-hybridized carbons (Fsp3) is 0.879. The average molecular weight is 1090 g/mol. The first kappa shape index (κ1) is 72.9. The highest BCUT2D eigenvalue weighted by Crippen LogP contribution is 2.23. The number of hydrogen-bond acceptors (Lipinski definition) is 10. The third kappa shape index (κ3) is 45.2. The second-order valence-corrected chi connectivity index (χ2v) is 22.8. The Morgan fingerprint density at radius 1 is 0.481 bits per heavy atom. The quantitative estimate of drug-likeness (QED) is 0.0195. The molecular weight excluding hydrogens is 967 g/mol. The van der Waals surface area contributed by atoms with Crippen molar-refractivity contribution in [1.29, 1.82) is 0 Å². The molecule has 452 valence electrons. The number of carbonyl (C=O) groups excluding carboxylic acids is 2. The molecule has 0 bridgehead atoms. The van der Waals surface area contributed by atoms with E-state index in [1.807, 2.05) is 6.08 Å². The molecular formula is C66H123NO10. The van der Waals surface area contributed by atoms with E-state index in [-0.39, 0.29) is 18.5 Å². The van der Waals surface area contributed by atoms with Crippen LogP contribution in [0.2, 0.25) is 0 Å². The van der Waals surface area contributed by atoms with E-state index in [4.69, 9.17) is 14.2 Å². The van der Waals surface area contributed by atoms with Crippen LogP contribution in [0.3, 0.4) is 0 Å². The van der Waals surface area contributed by atoms with Gasteiger partial charge in [0, 0.05) is 12.8 Å². The van der Waals surface area contributed by atoms with Gasteiger partial charge in [-0.2, -0.15) is 0 Å². The molecule has 1 aliphatic rings. The summed E-state index contributed by atoms with van der Waals surface area (Å²) in [6.07, 6.45) is 59.9. The molecule has 0 spiro atoms. The maximum absolute atomic E-state index is 13.0. The Balaban J connectivity index is 1.94. The number of nitrogens with one attached hydrogen (secondary N) is 1. The molecule has 11 nitrogen and oxygen atoms in total. The van der Waals surface area contributed by atoms with E-state index in [1.54, 1.807) is 6.08 Å². The van der Waals surface area contributed by atoms with Gasteiger partial charge in [0.2, 0.25) is 5.91 Å². The molecule has 7 unspecified atom stereocenters. The summed E-state index contributed by atoms with van der Waals surface area (Å²) < 4.78 is 16.7. The van der Waals surface area contributed by atoms with Crippen LogP contribution in [-0.4, -0.2) is 100 Å². The summed E-state index contributed by atoms with van der Waals surface area (Å²) in [7, 11) is 0. The van der Waals surface area contributed by atoms with E-state index in [2.05, 4.69) is 43.5 Å². The summed E-state index contributed by atoms with van der Waals surface area (Å²) in [5, 5.41) is 54.3. The summed E-state index contributed by atoms with van der Waals surface area (Å²) in [5.41, 5.74) is 0. The Hall–Kier alpha value is -2.12. The van der Waals surface area contributed by atoms with Crippen molar-refractivity contribution in [1.82, 2.24) is 5.32 Å². The van der Waals surface area contributed by atoms with E-state index in [0.29, 0.717) is 19.4 Å². The standard InChI is InChI=1S/C66H123NO10/c1-3-5-7-9-11-13-14-30-34-38-42-46-50-54-62(71)75-55-51-47-43-39-35-32-29-27-25-23-21-19-17-15-16-18-20-22-24-26-28-31-33-37-41-45-49-53-61(70)67-58(59(69)52-48-44-40-36-12-10-8-6-4-2)57-76-66-65(74)64(73)63(72)60(56-68)77-66/h7,9,13-14,48,52,58-60,63-66,68-69,72-74H,3-6,8,10-12,15-47,49-51,53-57H2,1-2H3,(H,67,70)/b9-7-,14-13-,52-48+. The molecule has 0 saturated carbocycles. The molecule has 0 aliphatic carbocycles. The lowest BCUT2D eigenvalue weighted by Gasteiger charge is -2.40. The largest absolute Gasteiger partial charge is 0.466 e. The fourth-order valence-electron chi connectivity index (χ4n) is 10.3. The van der Waals surface area contributed by atoms with Crippen LogP contribution < -0.4 is 5.32 Å². The maximum atomic E-state index is 13.0. The third-order valence-corrected chi connectivity index (χ3v) is 15.5. The van der Waals surface area contributed by atoms with E-state index in [1.165, 1.54) is 218 Å². The lowest BCUT2D eigenvalue weighted by Crippen LogP contribution is -2.60. The minimum atomic E-state index is -1.57. The van der Waals surface area contributed by atoms with Gasteiger partial charge in [0.25, 0.3) is 0 Å². The first-order chi connectivity index (χ1) is 37.7. The second kappa shape index (κ2) is 55.8. The Labute approximate surface area is 473 Å². The number of allylic oxidation sites excluding steroid dienone is 5. The normalized spacial score (nSPS) is 18.8. The minimum absolute atomic E-state index is 0.00699. The Bertz CT molecular complexity index is 1370. The van der Waals surface area contributed by atoms with Crippen LogP contribution in [0.15, 0.2) is 36.5 Å². The maximum Gasteiger partial charge on any atom is 0.305 e. The smallest absolute Gasteiger partial charge is 0.305 e. The molecule has 6 N–H and O–H groups in total. The predicted octanol–water partition coefficient (Wildman–Crippen LogP) is 15.8. The van der Waals surface area contributed by atoms with Crippen LogP contribution in [0.25, 0.3) is 0 Å². The average Bonchev–Trinajstić information content (AvgIpc) is 3.43. The Morgan fingerprint density at radius 3 is 1.36 bits per heavy atom. The summed E-state index contributed by atoms with van der Waals surface area (Å²) in [6.45, 7) is 4.27. The highest BCUT2D eigenvalue weighted by molar-refractivity contribution is 5.76. The van der Waals surface area contributed by atoms with Crippen LogP contribution in [0, 0.1) is 0 Å². The summed E-state index contributed by atoms with van der Waals surface area (Å²) >= 11 is 0. The fourth-order valence-corrected chi connectivity index (χ4v) is 10.3. The molecule has 1 fully saturated rings. The second-order valence-electron chi connectivity index (χ2n) is 22.8. The van der Waals surface area contributed by atoms with Crippen molar-refractivity contribution in [3.63, 3.8) is 0 Å². The van der Waals surface area contributed by atoms with Gasteiger partial charge in [-0.3, -0.25) is 9.59 Å². The molecule has 1 saturated heterocycles. The molecule has 77 heavy (non-hydrogen) atoms. The molecule has 0 aromatic heterocycles. The van der Waals surface area contributed by atoms with Crippen molar-refractivity contribution in [3.05, 3.63) is 36.5 Å². The lowest BCUT2D eigenvalue weighted by molar-refractivity contribution is -0.302. The number of aliphatic hydroxyl groups is 5. The number of unbranched alkanes of at least 4 members (excludes halogenated alkanes) is 39. The zero-order valence-corrected chi connectivity index (χ0v) is 49.9. The first-order valence-corrected chi connectivity index (χ1v) is 32.8. The van der Waals surface area contributed by atoms with Crippen LogP contribution >= 0.6 is 0 Å². The number of amides is 1. The molecule has 1 heterocycles. The van der Waals surface area contributed by atoms with E-state index in [0.717, 1.165) is 64.2 Å². The van der Waals surface area contributed by atoms with Crippen LogP contribution in [0.5, 0.6) is 0 Å². The summed E-state index contributed by atoms with van der Waals surface area (Å²) in [5.74, 6) is -0.188. The summed E-state index contributed by atoms with van der Waals surface area (Å²) in [4.78, 5) is 25.0. The van der Waals surface area contributed by atoms with Crippen LogP contribution in [0.1, 0.15) is 309 Å². The zero-order valence-electron chi connectivity index (χ0n) is 49.9. The monoisotopic (exact) mass is 1090 g/mol. The van der Waals surface area contributed by atoms with Gasteiger partial charge in [0.1, 0.15) is 24.4 Å². The summed E-state index contributed by atoms with van der Waals surface area (Å²) in [6, 6.07) is -0.806. The SMILES string of the molecule is CCC/C=C\C/C=C\CCCCCCCC(=O)OCCCCCCCCCCCCCCCCCCCCCCCCCCCCCC(=O)NC(COC1OC(CO)C(O)C(O)C1O)C(O)/C=C/CCCCCCCCC. The van der Waals surface area contributed by atoms with Crippen molar-refractivity contribution in [2.75, 3.05) is 19.8 Å². The van der Waals surface area contributed by atoms with Gasteiger partial charge >= 0.3 is 5.97 Å². The Kier molecular flexibility index (Phi) is 52.8. The number of hydrogen-bond donors (Lipinski definition) is 6. The van der Waals surface area contributed by atoms with Gasteiger partial charge in [-0.25, -0.2) is 0 Å². The highest BCUT2D eigenvalue weighted by Gasteiger charge is 2.44. The van der Waals surface area contributed by atoms with Crippen LogP contribution in [0.4, 0.5) is 0 Å². The van der Waals surface area contributed by atoms with Gasteiger partial charge in [0.05, 0.1) is 32.0 Å². The molecule has 7 atom stereocenters. The molecule has 11 heteroatoms. The van der Waals surface area contributed by atoms with Crippen molar-refractivity contribution < 1.29 is 49.3 Å². The van der Waals surface area contributed by atoms with Crippen molar-refractivity contribution in [3.8, 4) is 0 Å². The van der Waals surface area contributed by atoms with Crippen molar-refractivity contribution >= 4 is 11.9 Å². The number of ether oxygens (including phenoxy) is 3. The van der Waals surface area contributed by atoms with Crippen molar-refractivity contribution in [2.45, 2.75) is 352 Å². The number of esters is 1. The lowest BCUT2D eigenvalue weighted by atomic mass is 9.99. The van der Waals surface area contributed by atoms with Gasteiger partial charge in [-0.15, -0.1) is 0 Å². The molecule has 1 amide bonds. The first-order valence-electron chi connectivity index (χ1n) is 32.8. The van der Waals surface area contributed by atoms with E-state index >= 15 is 0 Å². The van der Waals surface area contributed by atoms with Gasteiger partial charge in [-0.1, -0.05) is 275 Å². The highest BCUT2D eigenvalue weighted by atomic mass is 16.7. The number of aliphatic hydroxyl groups excluding tert-OH is 5. The van der Waals surface area contributed by atoms with Gasteiger partial charge in [0.15, 0.2) is 6.29 Å². The van der Waals surface area contributed by atoms with Crippen LogP contribution in [-0.2, 0) is 23.8 Å². The molecule has 0 radical (unpaired) electrons. The zero-order chi connectivity index (χ0) is 55.9. The molecule has 1 rings (SSSR count). The minimum Gasteiger partial charge on any atom is -0.466 e. The van der Waals surface area contributed by atoms with E-state index in [9.17, 15) is 35.1 Å². The third-order valence-electron chi connectivity index (χ3n) is 15.5. The van der Waals surface area contributed by atoms with E-state index < -0.39 is 49.5 Å².